The predicted molar refractivity (Wildman–Crippen MR) is 75.8 cm³/mol. The second-order valence-electron chi connectivity index (χ2n) is 6.15. The Morgan fingerprint density at radius 1 is 1.50 bits per heavy atom. The van der Waals surface area contributed by atoms with E-state index in [1.54, 1.807) is 25.4 Å². The molecular weight excluding hydrogens is 254 g/mol. The van der Waals surface area contributed by atoms with Crippen LogP contribution in [-0.4, -0.2) is 48.1 Å². The van der Waals surface area contributed by atoms with Gasteiger partial charge in [0.15, 0.2) is 0 Å². The molecule has 2 atom stereocenters. The number of fused-ring (bicyclic) bond motifs is 1. The number of pyridine rings is 1. The minimum atomic E-state index is -0.133. The molecule has 2 aliphatic rings. The van der Waals surface area contributed by atoms with E-state index in [9.17, 15) is 4.79 Å². The van der Waals surface area contributed by atoms with Crippen LogP contribution >= 0.6 is 0 Å². The Morgan fingerprint density at radius 3 is 3.00 bits per heavy atom. The van der Waals surface area contributed by atoms with Crippen LogP contribution in [0.2, 0.25) is 0 Å². The third kappa shape index (κ3) is 1.88. The van der Waals surface area contributed by atoms with Crippen LogP contribution in [0.3, 0.4) is 0 Å². The quantitative estimate of drug-likeness (QED) is 0.880. The molecule has 2 saturated heterocycles. The Morgan fingerprint density at radius 2 is 2.30 bits per heavy atom. The van der Waals surface area contributed by atoms with Crippen molar-refractivity contribution in [1.82, 2.24) is 15.2 Å². The molecule has 2 fully saturated rings. The molecule has 2 unspecified atom stereocenters. The first kappa shape index (κ1) is 13.4. The van der Waals surface area contributed by atoms with Gasteiger partial charge in [0, 0.05) is 31.4 Å². The molecule has 0 bridgehead atoms. The summed E-state index contributed by atoms with van der Waals surface area (Å²) in [6.07, 6.45) is 1.64. The normalized spacial score (nSPS) is 27.4. The fourth-order valence-corrected chi connectivity index (χ4v) is 3.63. The largest absolute Gasteiger partial charge is 0.480 e. The van der Waals surface area contributed by atoms with Crippen molar-refractivity contribution in [2.24, 2.45) is 11.8 Å². The van der Waals surface area contributed by atoms with Crippen LogP contribution in [-0.2, 0) is 0 Å². The highest BCUT2D eigenvalue weighted by Crippen LogP contribution is 2.41. The van der Waals surface area contributed by atoms with Crippen molar-refractivity contribution in [2.75, 3.05) is 26.7 Å². The molecule has 20 heavy (non-hydrogen) atoms. The number of nitrogens with zero attached hydrogens (tertiary/aromatic N) is 2. The number of likely N-dealkylation sites (tertiary alicyclic amines) is 1. The summed E-state index contributed by atoms with van der Waals surface area (Å²) in [5, 5.41) is 3.43. The van der Waals surface area contributed by atoms with Gasteiger partial charge < -0.3 is 15.0 Å². The first-order valence-corrected chi connectivity index (χ1v) is 7.07. The van der Waals surface area contributed by atoms with Crippen LogP contribution in [0.25, 0.3) is 0 Å². The maximum atomic E-state index is 12.9. The van der Waals surface area contributed by atoms with Crippen molar-refractivity contribution in [1.29, 1.82) is 0 Å². The minimum Gasteiger partial charge on any atom is -0.480 e. The van der Waals surface area contributed by atoms with E-state index in [2.05, 4.69) is 24.1 Å². The number of carbonyl (C=O) groups excluding carboxylic acids is 1. The second kappa shape index (κ2) is 4.74. The summed E-state index contributed by atoms with van der Waals surface area (Å²) in [6.45, 7) is 7.12. The topological polar surface area (TPSA) is 54.5 Å². The van der Waals surface area contributed by atoms with Crippen molar-refractivity contribution >= 4 is 5.91 Å². The molecule has 0 saturated carbocycles. The molecule has 1 N–H and O–H groups in total. The lowest BCUT2D eigenvalue weighted by molar-refractivity contribution is 0.0599. The van der Waals surface area contributed by atoms with Gasteiger partial charge in [-0.3, -0.25) is 4.79 Å². The highest BCUT2D eigenvalue weighted by Gasteiger charge is 2.51. The predicted octanol–water partition coefficient (Wildman–Crippen LogP) is 1.16. The van der Waals surface area contributed by atoms with E-state index < -0.39 is 0 Å². The first-order chi connectivity index (χ1) is 9.55. The Balaban J connectivity index is 1.91. The molecule has 5 nitrogen and oxygen atoms in total. The molecular formula is C15H21N3O2. The Hall–Kier alpha value is -1.62. The first-order valence-electron chi connectivity index (χ1n) is 7.07. The number of ether oxygens (including phenoxy) is 1. The van der Waals surface area contributed by atoms with Gasteiger partial charge >= 0.3 is 0 Å². The lowest BCUT2D eigenvalue weighted by Gasteiger charge is -2.35. The molecule has 3 heterocycles. The summed E-state index contributed by atoms with van der Waals surface area (Å²) in [5.74, 6) is 1.50. The zero-order valence-corrected chi connectivity index (χ0v) is 12.2. The third-order valence-corrected chi connectivity index (χ3v) is 4.80. The number of hydrogen-bond acceptors (Lipinski definition) is 4. The van der Waals surface area contributed by atoms with E-state index in [1.807, 2.05) is 4.90 Å². The van der Waals surface area contributed by atoms with E-state index in [4.69, 9.17) is 4.74 Å². The molecule has 1 aromatic rings. The highest BCUT2D eigenvalue weighted by atomic mass is 16.5. The van der Waals surface area contributed by atoms with Gasteiger partial charge in [-0.2, -0.15) is 0 Å². The summed E-state index contributed by atoms with van der Waals surface area (Å²) >= 11 is 0. The summed E-state index contributed by atoms with van der Waals surface area (Å²) in [6, 6.07) is 3.57. The Bertz CT molecular complexity index is 530. The van der Waals surface area contributed by atoms with Crippen molar-refractivity contribution in [3.8, 4) is 5.88 Å². The molecule has 0 radical (unpaired) electrons. The van der Waals surface area contributed by atoms with Gasteiger partial charge in [-0.15, -0.1) is 0 Å². The Kier molecular flexibility index (Phi) is 3.17. The van der Waals surface area contributed by atoms with Gasteiger partial charge in [0.05, 0.1) is 7.11 Å². The summed E-state index contributed by atoms with van der Waals surface area (Å²) in [7, 11) is 1.55. The third-order valence-electron chi connectivity index (χ3n) is 4.80. The molecule has 0 spiro atoms. The second-order valence-corrected chi connectivity index (χ2v) is 6.15. The van der Waals surface area contributed by atoms with E-state index in [0.29, 0.717) is 23.3 Å². The maximum absolute atomic E-state index is 12.9. The number of amides is 1. The molecule has 1 aromatic heterocycles. The van der Waals surface area contributed by atoms with Crippen LogP contribution in [0.1, 0.15) is 24.2 Å². The maximum Gasteiger partial charge on any atom is 0.259 e. The van der Waals surface area contributed by atoms with Gasteiger partial charge in [-0.05, 0) is 37.8 Å². The molecule has 3 rings (SSSR count). The van der Waals surface area contributed by atoms with Crippen LogP contribution in [0, 0.1) is 11.8 Å². The number of methoxy groups -OCH3 is 1. The fraction of sp³-hybridized carbons (Fsp3) is 0.600. The van der Waals surface area contributed by atoms with E-state index >= 15 is 0 Å². The van der Waals surface area contributed by atoms with Crippen molar-refractivity contribution in [3.63, 3.8) is 0 Å². The smallest absolute Gasteiger partial charge is 0.259 e. The minimum absolute atomic E-state index is 0.0225. The van der Waals surface area contributed by atoms with Gasteiger partial charge in [-0.25, -0.2) is 4.98 Å². The van der Waals surface area contributed by atoms with Crippen LogP contribution in [0.15, 0.2) is 18.3 Å². The van der Waals surface area contributed by atoms with Crippen molar-refractivity contribution < 1.29 is 9.53 Å². The molecule has 1 amide bonds. The van der Waals surface area contributed by atoms with Gasteiger partial charge in [0.2, 0.25) is 5.88 Å². The average Bonchev–Trinajstić information content (AvgIpc) is 3.00. The van der Waals surface area contributed by atoms with Gasteiger partial charge in [-0.1, -0.05) is 0 Å². The SMILES string of the molecule is COc1ncccc1C(=O)N1CC2CNCC2C1(C)C. The molecule has 0 aromatic carbocycles. The molecule has 0 aliphatic carbocycles. The van der Waals surface area contributed by atoms with Gasteiger partial charge in [0.1, 0.15) is 5.56 Å². The van der Waals surface area contributed by atoms with Crippen molar-refractivity contribution in [2.45, 2.75) is 19.4 Å². The standard InChI is InChI=1S/C15H21N3O2/c1-15(2)12-8-16-7-10(12)9-18(15)14(19)11-5-4-6-17-13(11)20-3/h4-6,10,12,16H,7-9H2,1-3H3. The average molecular weight is 275 g/mol. The highest BCUT2D eigenvalue weighted by molar-refractivity contribution is 5.97. The summed E-state index contributed by atoms with van der Waals surface area (Å²) in [4.78, 5) is 19.0. The summed E-state index contributed by atoms with van der Waals surface area (Å²) < 4.78 is 5.22. The van der Waals surface area contributed by atoms with E-state index in [0.717, 1.165) is 19.6 Å². The monoisotopic (exact) mass is 275 g/mol. The van der Waals surface area contributed by atoms with Gasteiger partial charge in [0.25, 0.3) is 5.91 Å². The van der Waals surface area contributed by atoms with Crippen LogP contribution < -0.4 is 10.1 Å². The zero-order valence-electron chi connectivity index (χ0n) is 12.2. The number of carbonyl (C=O) groups is 1. The number of hydrogen-bond donors (Lipinski definition) is 1. The zero-order chi connectivity index (χ0) is 14.3. The van der Waals surface area contributed by atoms with Crippen LogP contribution in [0.5, 0.6) is 5.88 Å². The number of rotatable bonds is 2. The van der Waals surface area contributed by atoms with E-state index in [1.165, 1.54) is 0 Å². The van der Waals surface area contributed by atoms with Crippen LogP contribution in [0.4, 0.5) is 0 Å². The lowest BCUT2D eigenvalue weighted by Crippen LogP contribution is -2.47. The number of aromatic nitrogens is 1. The van der Waals surface area contributed by atoms with E-state index in [-0.39, 0.29) is 11.4 Å². The molecule has 108 valence electrons. The summed E-state index contributed by atoms with van der Waals surface area (Å²) in [5.41, 5.74) is 0.419. The molecule has 5 heteroatoms. The van der Waals surface area contributed by atoms with Crippen molar-refractivity contribution in [3.05, 3.63) is 23.9 Å². The fourth-order valence-electron chi connectivity index (χ4n) is 3.63. The number of nitrogens with one attached hydrogen (secondary N) is 1. The lowest BCUT2D eigenvalue weighted by atomic mass is 9.84. The molecule has 2 aliphatic heterocycles. The Labute approximate surface area is 119 Å².